The summed E-state index contributed by atoms with van der Waals surface area (Å²) in [4.78, 5) is 35.1. The van der Waals surface area contributed by atoms with Crippen LogP contribution in [0.25, 0.3) is 0 Å². The highest BCUT2D eigenvalue weighted by Gasteiger charge is 2.14. The molecule has 0 bridgehead atoms. The topological polar surface area (TPSA) is 160 Å². The van der Waals surface area contributed by atoms with Gasteiger partial charge < -0.3 is 32.5 Å². The molecule has 0 radical (unpaired) electrons. The molecule has 148 valence electrons. The zero-order chi connectivity index (χ0) is 20.7. The number of hydrogen-bond donors (Lipinski definition) is 6. The fourth-order valence-electron chi connectivity index (χ4n) is 2.30. The van der Waals surface area contributed by atoms with Crippen molar-refractivity contribution in [2.24, 2.45) is 5.73 Å². The van der Waals surface area contributed by atoms with Crippen molar-refractivity contribution in [1.82, 2.24) is 10.6 Å². The van der Waals surface area contributed by atoms with Crippen LogP contribution in [-0.4, -0.2) is 42.1 Å². The van der Waals surface area contributed by atoms with Gasteiger partial charge in [0.1, 0.15) is 0 Å². The van der Waals surface area contributed by atoms with Crippen LogP contribution in [0, 0.1) is 0 Å². The number of carbonyl (C=O) groups is 3. The third-order valence-corrected chi connectivity index (χ3v) is 3.88. The average Bonchev–Trinajstić information content (AvgIpc) is 2.65. The van der Waals surface area contributed by atoms with E-state index in [1.807, 2.05) is 0 Å². The van der Waals surface area contributed by atoms with Crippen LogP contribution in [0.1, 0.15) is 20.7 Å². The molecule has 0 saturated carbocycles. The molecular weight excluding hydrogens is 386 g/mol. The molecular formula is C18H20ClN5O4. The highest BCUT2D eigenvalue weighted by molar-refractivity contribution is 6.31. The van der Waals surface area contributed by atoms with Crippen LogP contribution in [0.15, 0.2) is 42.5 Å². The van der Waals surface area contributed by atoms with Crippen molar-refractivity contribution in [2.45, 2.75) is 6.10 Å². The molecule has 0 aliphatic heterocycles. The highest BCUT2D eigenvalue weighted by Crippen LogP contribution is 2.17. The molecule has 1 unspecified atom stereocenters. The van der Waals surface area contributed by atoms with Gasteiger partial charge in [0.25, 0.3) is 11.8 Å². The van der Waals surface area contributed by atoms with Gasteiger partial charge >= 0.3 is 6.03 Å². The monoisotopic (exact) mass is 405 g/mol. The Kier molecular flexibility index (Phi) is 7.19. The lowest BCUT2D eigenvalue weighted by atomic mass is 10.1. The molecule has 2 aromatic rings. The van der Waals surface area contributed by atoms with E-state index in [1.54, 1.807) is 18.2 Å². The van der Waals surface area contributed by atoms with E-state index in [0.717, 1.165) is 0 Å². The van der Waals surface area contributed by atoms with E-state index in [0.29, 0.717) is 10.7 Å². The Morgan fingerprint density at radius 3 is 2.39 bits per heavy atom. The van der Waals surface area contributed by atoms with Crippen LogP contribution >= 0.6 is 11.6 Å². The van der Waals surface area contributed by atoms with E-state index in [-0.39, 0.29) is 29.9 Å². The maximum absolute atomic E-state index is 12.1. The molecule has 0 aromatic heterocycles. The van der Waals surface area contributed by atoms with Crippen molar-refractivity contribution in [3.8, 4) is 0 Å². The number of halogens is 1. The first kappa shape index (κ1) is 21.0. The SMILES string of the molecule is NC(=O)Nc1cccc(C(=O)NCC(O)CNC(=O)c2cc(Cl)ccc2N)c1. The van der Waals surface area contributed by atoms with Gasteiger partial charge in [0.2, 0.25) is 0 Å². The molecule has 2 aromatic carbocycles. The fourth-order valence-corrected chi connectivity index (χ4v) is 2.47. The van der Waals surface area contributed by atoms with Crippen LogP contribution in [-0.2, 0) is 0 Å². The number of benzene rings is 2. The number of hydrogen-bond acceptors (Lipinski definition) is 5. The molecule has 0 heterocycles. The smallest absolute Gasteiger partial charge is 0.316 e. The summed E-state index contributed by atoms with van der Waals surface area (Å²) < 4.78 is 0. The van der Waals surface area contributed by atoms with Crippen molar-refractivity contribution in [2.75, 3.05) is 24.1 Å². The lowest BCUT2D eigenvalue weighted by molar-refractivity contribution is 0.0885. The molecule has 0 aliphatic carbocycles. The second kappa shape index (κ2) is 9.58. The molecule has 10 heteroatoms. The Balaban J connectivity index is 1.84. The van der Waals surface area contributed by atoms with Crippen molar-refractivity contribution >= 4 is 40.8 Å². The summed E-state index contributed by atoms with van der Waals surface area (Å²) in [7, 11) is 0. The van der Waals surface area contributed by atoms with Gasteiger partial charge in [-0.3, -0.25) is 9.59 Å². The molecule has 2 rings (SSSR count). The lowest BCUT2D eigenvalue weighted by Gasteiger charge is -2.14. The Morgan fingerprint density at radius 1 is 1.04 bits per heavy atom. The maximum Gasteiger partial charge on any atom is 0.316 e. The molecule has 4 amide bonds. The number of amides is 4. The number of nitrogens with two attached hydrogens (primary N) is 2. The van der Waals surface area contributed by atoms with E-state index in [2.05, 4.69) is 16.0 Å². The molecule has 1 atom stereocenters. The number of aliphatic hydroxyl groups excluding tert-OH is 1. The largest absolute Gasteiger partial charge is 0.398 e. The van der Waals surface area contributed by atoms with Gasteiger partial charge in [0.15, 0.2) is 0 Å². The number of rotatable bonds is 7. The van der Waals surface area contributed by atoms with Gasteiger partial charge in [-0.15, -0.1) is 0 Å². The van der Waals surface area contributed by atoms with Crippen LogP contribution in [0.2, 0.25) is 5.02 Å². The Bertz CT molecular complexity index is 890. The van der Waals surface area contributed by atoms with Crippen LogP contribution in [0.4, 0.5) is 16.2 Å². The Hall–Kier alpha value is -3.30. The van der Waals surface area contributed by atoms with Crippen LogP contribution in [0.3, 0.4) is 0 Å². The number of aliphatic hydroxyl groups is 1. The molecule has 0 fully saturated rings. The molecule has 0 saturated heterocycles. The first-order chi connectivity index (χ1) is 13.3. The van der Waals surface area contributed by atoms with Gasteiger partial charge in [-0.05, 0) is 36.4 Å². The maximum atomic E-state index is 12.1. The second-order valence-corrected chi connectivity index (χ2v) is 6.31. The minimum absolute atomic E-state index is 0.0996. The zero-order valence-electron chi connectivity index (χ0n) is 14.7. The van der Waals surface area contributed by atoms with E-state index in [1.165, 1.54) is 24.3 Å². The first-order valence-corrected chi connectivity index (χ1v) is 8.60. The first-order valence-electron chi connectivity index (χ1n) is 8.22. The van der Waals surface area contributed by atoms with Gasteiger partial charge in [0, 0.05) is 35.1 Å². The minimum Gasteiger partial charge on any atom is -0.398 e. The quantitative estimate of drug-likeness (QED) is 0.377. The average molecular weight is 406 g/mol. The van der Waals surface area contributed by atoms with Gasteiger partial charge in [-0.2, -0.15) is 0 Å². The summed E-state index contributed by atoms with van der Waals surface area (Å²) in [6.07, 6.45) is -1.03. The van der Waals surface area contributed by atoms with Crippen molar-refractivity contribution in [3.05, 3.63) is 58.6 Å². The summed E-state index contributed by atoms with van der Waals surface area (Å²) in [5, 5.41) is 17.8. The molecule has 28 heavy (non-hydrogen) atoms. The van der Waals surface area contributed by atoms with E-state index in [9.17, 15) is 19.5 Å². The normalized spacial score (nSPS) is 11.4. The number of nitrogen functional groups attached to an aromatic ring is 1. The minimum atomic E-state index is -1.03. The second-order valence-electron chi connectivity index (χ2n) is 5.88. The van der Waals surface area contributed by atoms with Crippen LogP contribution < -0.4 is 27.4 Å². The third-order valence-electron chi connectivity index (χ3n) is 3.65. The number of nitrogens with one attached hydrogen (secondary N) is 3. The molecule has 0 aliphatic rings. The Labute approximate surface area is 166 Å². The van der Waals surface area contributed by atoms with E-state index in [4.69, 9.17) is 23.1 Å². The molecule has 9 nitrogen and oxygen atoms in total. The van der Waals surface area contributed by atoms with Gasteiger partial charge in [-0.1, -0.05) is 17.7 Å². The fraction of sp³-hybridized carbons (Fsp3) is 0.167. The van der Waals surface area contributed by atoms with E-state index < -0.39 is 23.9 Å². The van der Waals surface area contributed by atoms with E-state index >= 15 is 0 Å². The number of carbonyl (C=O) groups excluding carboxylic acids is 3. The molecule has 0 spiro atoms. The summed E-state index contributed by atoms with van der Waals surface area (Å²) in [6, 6.07) is 9.88. The summed E-state index contributed by atoms with van der Waals surface area (Å²) in [5.74, 6) is -0.951. The summed E-state index contributed by atoms with van der Waals surface area (Å²) in [5.41, 5.74) is 11.9. The highest BCUT2D eigenvalue weighted by atomic mass is 35.5. The Morgan fingerprint density at radius 2 is 1.71 bits per heavy atom. The molecule has 8 N–H and O–H groups in total. The van der Waals surface area contributed by atoms with Crippen molar-refractivity contribution in [1.29, 1.82) is 0 Å². The third kappa shape index (κ3) is 6.15. The van der Waals surface area contributed by atoms with Crippen molar-refractivity contribution in [3.63, 3.8) is 0 Å². The predicted octanol–water partition coefficient (Wildman–Crippen LogP) is 0.933. The van der Waals surface area contributed by atoms with Gasteiger partial charge in [0.05, 0.1) is 11.7 Å². The zero-order valence-corrected chi connectivity index (χ0v) is 15.5. The predicted molar refractivity (Wildman–Crippen MR) is 106 cm³/mol. The van der Waals surface area contributed by atoms with Crippen LogP contribution in [0.5, 0.6) is 0 Å². The summed E-state index contributed by atoms with van der Waals surface area (Å²) >= 11 is 5.84. The number of anilines is 2. The number of urea groups is 1. The summed E-state index contributed by atoms with van der Waals surface area (Å²) in [6.45, 7) is -0.202. The lowest BCUT2D eigenvalue weighted by Crippen LogP contribution is -2.40. The number of primary amides is 1. The van der Waals surface area contributed by atoms with Crippen molar-refractivity contribution < 1.29 is 19.5 Å². The van der Waals surface area contributed by atoms with Gasteiger partial charge in [-0.25, -0.2) is 4.79 Å². The standard InChI is InChI=1S/C18H20ClN5O4/c19-11-4-5-15(20)14(7-11)17(27)23-9-13(25)8-22-16(26)10-2-1-3-12(6-10)24-18(21)28/h1-7,13,25H,8-9,20H2,(H,22,26)(H,23,27)(H3,21,24,28).